The Morgan fingerprint density at radius 3 is 2.27 bits per heavy atom. The van der Waals surface area contributed by atoms with Gasteiger partial charge in [-0.15, -0.1) is 0 Å². The fraction of sp³-hybridized carbons (Fsp3) is 0.200. The second-order valence-electron chi connectivity index (χ2n) is 5.82. The van der Waals surface area contributed by atoms with Crippen LogP contribution in [0.1, 0.15) is 18.5 Å². The van der Waals surface area contributed by atoms with E-state index in [1.54, 1.807) is 38.3 Å². The van der Waals surface area contributed by atoms with Crippen molar-refractivity contribution < 1.29 is 19.1 Å². The van der Waals surface area contributed by atoms with Crippen LogP contribution in [0.5, 0.6) is 5.75 Å². The lowest BCUT2D eigenvalue weighted by molar-refractivity contribution is -0.136. The van der Waals surface area contributed by atoms with Crippen LogP contribution in [-0.4, -0.2) is 26.2 Å². The van der Waals surface area contributed by atoms with E-state index in [0.29, 0.717) is 22.7 Å². The molecule has 1 N–H and O–H groups in total. The minimum atomic E-state index is -0.564. The van der Waals surface area contributed by atoms with Gasteiger partial charge in [0.25, 0.3) is 0 Å². The molecule has 2 aromatic carbocycles. The normalized spacial score (nSPS) is 17.0. The third-order valence-corrected chi connectivity index (χ3v) is 4.35. The van der Waals surface area contributed by atoms with E-state index in [0.717, 1.165) is 5.56 Å². The Bertz CT molecular complexity index is 844. The number of hydrogen-bond acceptors (Lipinski definition) is 4. The van der Waals surface area contributed by atoms with Crippen LogP contribution >= 0.6 is 0 Å². The molecule has 0 radical (unpaired) electrons. The molecular formula is C20H20N2O4. The number of rotatable bonds is 4. The van der Waals surface area contributed by atoms with Crippen LogP contribution < -0.4 is 15.0 Å². The molecule has 0 bridgehead atoms. The number of anilines is 1. The molecule has 0 fully saturated rings. The van der Waals surface area contributed by atoms with E-state index in [2.05, 4.69) is 5.32 Å². The topological polar surface area (TPSA) is 67.9 Å². The summed E-state index contributed by atoms with van der Waals surface area (Å²) in [7, 11) is 2.91. The lowest BCUT2D eigenvalue weighted by Gasteiger charge is -2.35. The predicted octanol–water partition coefficient (Wildman–Crippen LogP) is 3.41. The van der Waals surface area contributed by atoms with E-state index in [1.165, 1.54) is 12.0 Å². The average molecular weight is 352 g/mol. The van der Waals surface area contributed by atoms with Crippen LogP contribution in [0, 0.1) is 0 Å². The van der Waals surface area contributed by atoms with Gasteiger partial charge < -0.3 is 14.8 Å². The number of urea groups is 1. The molecule has 6 nitrogen and oxygen atoms in total. The Morgan fingerprint density at radius 2 is 1.69 bits per heavy atom. The molecule has 2 aromatic rings. The molecule has 0 saturated heterocycles. The maximum Gasteiger partial charge on any atom is 0.337 e. The summed E-state index contributed by atoms with van der Waals surface area (Å²) in [5, 5.41) is 2.90. The molecule has 0 aliphatic carbocycles. The Hall–Kier alpha value is -3.28. The van der Waals surface area contributed by atoms with Crippen LogP contribution in [0.4, 0.5) is 10.5 Å². The minimum absolute atomic E-state index is 0.311. The van der Waals surface area contributed by atoms with Gasteiger partial charge in [-0.2, -0.15) is 0 Å². The molecule has 2 amide bonds. The highest BCUT2D eigenvalue weighted by molar-refractivity contribution is 6.03. The highest BCUT2D eigenvalue weighted by Crippen LogP contribution is 2.34. The first-order chi connectivity index (χ1) is 12.6. The zero-order valence-corrected chi connectivity index (χ0v) is 14.9. The van der Waals surface area contributed by atoms with Gasteiger partial charge in [-0.25, -0.2) is 9.59 Å². The van der Waals surface area contributed by atoms with Crippen LogP contribution in [0.2, 0.25) is 0 Å². The van der Waals surface area contributed by atoms with Crippen molar-refractivity contribution in [2.75, 3.05) is 19.1 Å². The Labute approximate surface area is 152 Å². The molecule has 1 aliphatic rings. The van der Waals surface area contributed by atoms with Gasteiger partial charge in [0.2, 0.25) is 0 Å². The van der Waals surface area contributed by atoms with Gasteiger partial charge in [-0.05, 0) is 36.8 Å². The number of amides is 2. The monoisotopic (exact) mass is 352 g/mol. The largest absolute Gasteiger partial charge is 0.497 e. The van der Waals surface area contributed by atoms with Gasteiger partial charge in [-0.3, -0.25) is 4.90 Å². The summed E-state index contributed by atoms with van der Waals surface area (Å²) in [6.07, 6.45) is 0. The van der Waals surface area contributed by atoms with E-state index >= 15 is 0 Å². The number of nitrogens with zero attached hydrogens (tertiary/aromatic N) is 1. The van der Waals surface area contributed by atoms with Gasteiger partial charge in [0.05, 0.1) is 31.5 Å². The van der Waals surface area contributed by atoms with Crippen LogP contribution in [0.3, 0.4) is 0 Å². The lowest BCUT2D eigenvalue weighted by Crippen LogP contribution is -2.48. The first-order valence-corrected chi connectivity index (χ1v) is 8.15. The minimum Gasteiger partial charge on any atom is -0.497 e. The number of allylic oxidation sites excluding steroid dienone is 1. The second-order valence-corrected chi connectivity index (χ2v) is 5.82. The molecule has 3 rings (SSSR count). The smallest absolute Gasteiger partial charge is 0.337 e. The molecular weight excluding hydrogens is 332 g/mol. The van der Waals surface area contributed by atoms with Gasteiger partial charge in [0.15, 0.2) is 0 Å². The van der Waals surface area contributed by atoms with E-state index in [4.69, 9.17) is 9.47 Å². The summed E-state index contributed by atoms with van der Waals surface area (Å²) in [5.74, 6) is 0.206. The highest BCUT2D eigenvalue weighted by atomic mass is 16.5. The van der Waals surface area contributed by atoms with Crippen molar-refractivity contribution in [3.8, 4) is 5.75 Å². The Kier molecular flexibility index (Phi) is 4.93. The van der Waals surface area contributed by atoms with Gasteiger partial charge in [0, 0.05) is 5.70 Å². The SMILES string of the molecule is COC(=O)C1=C(C)N(c2ccc(OC)cc2)C(=O)N[C@H]1c1ccccc1. The van der Waals surface area contributed by atoms with Crippen molar-refractivity contribution in [1.82, 2.24) is 5.32 Å². The molecule has 1 heterocycles. The first kappa shape index (κ1) is 17.5. The summed E-state index contributed by atoms with van der Waals surface area (Å²) in [4.78, 5) is 26.7. The number of carbonyl (C=O) groups is 2. The predicted molar refractivity (Wildman–Crippen MR) is 97.9 cm³/mol. The Balaban J connectivity index is 2.09. The zero-order valence-electron chi connectivity index (χ0n) is 14.9. The quantitative estimate of drug-likeness (QED) is 0.856. The maximum atomic E-state index is 12.8. The van der Waals surface area contributed by atoms with Crippen LogP contribution in [-0.2, 0) is 9.53 Å². The summed E-state index contributed by atoms with van der Waals surface area (Å²) in [5.41, 5.74) is 2.37. The molecule has 6 heteroatoms. The van der Waals surface area contributed by atoms with Gasteiger partial charge >= 0.3 is 12.0 Å². The van der Waals surface area contributed by atoms with E-state index in [9.17, 15) is 9.59 Å². The van der Waals surface area contributed by atoms with Crippen molar-refractivity contribution in [3.63, 3.8) is 0 Å². The van der Waals surface area contributed by atoms with Crippen molar-refractivity contribution >= 4 is 17.7 Å². The third kappa shape index (κ3) is 3.13. The molecule has 0 spiro atoms. The van der Waals surface area contributed by atoms with E-state index < -0.39 is 12.0 Å². The summed E-state index contributed by atoms with van der Waals surface area (Å²) < 4.78 is 10.1. The summed E-state index contributed by atoms with van der Waals surface area (Å²) >= 11 is 0. The first-order valence-electron chi connectivity index (χ1n) is 8.15. The van der Waals surface area contributed by atoms with Crippen LogP contribution in [0.25, 0.3) is 0 Å². The van der Waals surface area contributed by atoms with Crippen molar-refractivity contribution in [2.24, 2.45) is 0 Å². The number of esters is 1. The maximum absolute atomic E-state index is 12.8. The molecule has 0 saturated carbocycles. The van der Waals surface area contributed by atoms with Crippen molar-refractivity contribution in [2.45, 2.75) is 13.0 Å². The number of carbonyl (C=O) groups excluding carboxylic acids is 2. The fourth-order valence-electron chi connectivity index (χ4n) is 3.06. The molecule has 26 heavy (non-hydrogen) atoms. The van der Waals surface area contributed by atoms with Gasteiger partial charge in [0.1, 0.15) is 5.75 Å². The summed E-state index contributed by atoms with van der Waals surface area (Å²) in [6.45, 7) is 1.74. The number of benzene rings is 2. The molecule has 0 aromatic heterocycles. The number of methoxy groups -OCH3 is 2. The van der Waals surface area contributed by atoms with Crippen molar-refractivity contribution in [1.29, 1.82) is 0 Å². The highest BCUT2D eigenvalue weighted by Gasteiger charge is 2.36. The third-order valence-electron chi connectivity index (χ3n) is 4.35. The fourth-order valence-corrected chi connectivity index (χ4v) is 3.06. The van der Waals surface area contributed by atoms with E-state index in [1.807, 2.05) is 30.3 Å². The second kappa shape index (κ2) is 7.31. The summed E-state index contributed by atoms with van der Waals surface area (Å²) in [6, 6.07) is 15.5. The number of nitrogens with one attached hydrogen (secondary N) is 1. The molecule has 1 aliphatic heterocycles. The van der Waals surface area contributed by atoms with E-state index in [-0.39, 0.29) is 6.03 Å². The number of ether oxygens (including phenoxy) is 2. The number of hydrogen-bond donors (Lipinski definition) is 1. The average Bonchev–Trinajstić information content (AvgIpc) is 2.68. The molecule has 0 unspecified atom stereocenters. The zero-order chi connectivity index (χ0) is 18.7. The molecule has 134 valence electrons. The molecule has 1 atom stereocenters. The van der Waals surface area contributed by atoms with Crippen molar-refractivity contribution in [3.05, 3.63) is 71.4 Å². The van der Waals surface area contributed by atoms with Crippen LogP contribution in [0.15, 0.2) is 65.9 Å². The standard InChI is InChI=1S/C20H20N2O4/c1-13-17(19(23)26-3)18(14-7-5-4-6-8-14)21-20(24)22(13)15-9-11-16(25-2)12-10-15/h4-12,18H,1-3H3,(H,21,24)/t18-/m0/s1. The van der Waals surface area contributed by atoms with Gasteiger partial charge in [-0.1, -0.05) is 30.3 Å². The lowest BCUT2D eigenvalue weighted by atomic mass is 9.94. The Morgan fingerprint density at radius 1 is 1.04 bits per heavy atom.